The lowest BCUT2D eigenvalue weighted by Crippen LogP contribution is -2.64. The summed E-state index contributed by atoms with van der Waals surface area (Å²) >= 11 is 0. The van der Waals surface area contributed by atoms with Crippen LogP contribution in [0.1, 0.15) is 113 Å². The Morgan fingerprint density at radius 3 is 2.25 bits per heavy atom. The first-order valence-corrected chi connectivity index (χ1v) is 14.1. The van der Waals surface area contributed by atoms with Gasteiger partial charge in [0.05, 0.1) is 6.10 Å². The van der Waals surface area contributed by atoms with Crippen LogP contribution >= 0.6 is 0 Å². The van der Waals surface area contributed by atoms with E-state index in [1.807, 2.05) is 12.7 Å². The molecule has 0 aromatic heterocycles. The van der Waals surface area contributed by atoms with Gasteiger partial charge in [0.25, 0.3) is 0 Å². The van der Waals surface area contributed by atoms with Crippen molar-refractivity contribution in [3.63, 3.8) is 0 Å². The summed E-state index contributed by atoms with van der Waals surface area (Å²) in [5, 5.41) is 0. The third-order valence-corrected chi connectivity index (χ3v) is 13.6. The highest BCUT2D eigenvalue weighted by molar-refractivity contribution is 5.33. The second-order valence-corrected chi connectivity index (χ2v) is 14.9. The van der Waals surface area contributed by atoms with E-state index in [2.05, 4.69) is 61.5 Å². The largest absolute Gasteiger partial charge is 0.381 e. The molecule has 0 heterocycles. The molecule has 10 atom stereocenters. The van der Waals surface area contributed by atoms with E-state index in [0.717, 1.165) is 29.6 Å². The minimum absolute atomic E-state index is 0.268. The van der Waals surface area contributed by atoms with Gasteiger partial charge >= 0.3 is 0 Å². The van der Waals surface area contributed by atoms with Crippen LogP contribution in [-0.2, 0) is 4.74 Å². The van der Waals surface area contributed by atoms with Gasteiger partial charge in [-0.15, -0.1) is 0 Å². The second-order valence-electron chi connectivity index (χ2n) is 14.9. The first-order chi connectivity index (χ1) is 14.8. The molecular weight excluding hydrogens is 388 g/mol. The molecule has 0 aliphatic heterocycles. The quantitative estimate of drug-likeness (QED) is 0.370. The first-order valence-electron chi connectivity index (χ1n) is 14.1. The number of ether oxygens (including phenoxy) is 1. The van der Waals surface area contributed by atoms with E-state index in [0.29, 0.717) is 27.8 Å². The number of hydrogen-bond donors (Lipinski definition) is 0. The van der Waals surface area contributed by atoms with Crippen LogP contribution in [0.15, 0.2) is 11.6 Å². The Morgan fingerprint density at radius 2 is 1.56 bits per heavy atom. The predicted octanol–water partition coefficient (Wildman–Crippen LogP) is 8.68. The molecule has 1 heteroatoms. The smallest absolute Gasteiger partial charge is 0.0625 e. The molecule has 0 aromatic carbocycles. The maximum atomic E-state index is 6.03. The van der Waals surface area contributed by atoms with Crippen molar-refractivity contribution in [3.05, 3.63) is 11.6 Å². The van der Waals surface area contributed by atoms with Crippen molar-refractivity contribution >= 4 is 0 Å². The van der Waals surface area contributed by atoms with Gasteiger partial charge in [0.1, 0.15) is 0 Å². The van der Waals surface area contributed by atoms with Crippen molar-refractivity contribution in [1.82, 2.24) is 0 Å². The van der Waals surface area contributed by atoms with Gasteiger partial charge in [0, 0.05) is 7.11 Å². The molecule has 0 bridgehead atoms. The molecule has 0 saturated heterocycles. The second kappa shape index (κ2) is 7.11. The molecule has 0 aromatic rings. The fourth-order valence-corrected chi connectivity index (χ4v) is 11.4. The molecule has 0 radical (unpaired) electrons. The van der Waals surface area contributed by atoms with Gasteiger partial charge in [-0.05, 0) is 114 Å². The topological polar surface area (TPSA) is 9.23 Å². The lowest BCUT2D eigenvalue weighted by Gasteiger charge is -2.71. The zero-order chi connectivity index (χ0) is 23.3. The number of methoxy groups -OCH3 is 1. The number of hydrogen-bond acceptors (Lipinski definition) is 1. The molecule has 0 amide bonds. The molecule has 0 N–H and O–H groups in total. The Balaban J connectivity index is 1.57. The molecule has 4 fully saturated rings. The normalized spacial score (nSPS) is 56.8. The van der Waals surface area contributed by atoms with Crippen LogP contribution < -0.4 is 0 Å². The van der Waals surface area contributed by atoms with Crippen LogP contribution in [0.3, 0.4) is 0 Å². The Labute approximate surface area is 199 Å². The molecular formula is C31H52O. The highest BCUT2D eigenvalue weighted by atomic mass is 16.5. The van der Waals surface area contributed by atoms with Gasteiger partial charge in [-0.3, -0.25) is 0 Å². The molecule has 5 rings (SSSR count). The summed E-state index contributed by atoms with van der Waals surface area (Å²) in [6.45, 7) is 21.0. The van der Waals surface area contributed by atoms with Crippen molar-refractivity contribution in [2.45, 2.75) is 119 Å². The Morgan fingerprint density at radius 1 is 0.844 bits per heavy atom. The maximum Gasteiger partial charge on any atom is 0.0625 e. The van der Waals surface area contributed by atoms with Crippen LogP contribution in [0.5, 0.6) is 0 Å². The van der Waals surface area contributed by atoms with E-state index in [9.17, 15) is 0 Å². The summed E-state index contributed by atoms with van der Waals surface area (Å²) in [6, 6.07) is 0. The first kappa shape index (κ1) is 23.4. The summed E-state index contributed by atoms with van der Waals surface area (Å²) in [5.41, 5.74) is 4.03. The van der Waals surface area contributed by atoms with Crippen LogP contribution in [0.2, 0.25) is 0 Å². The van der Waals surface area contributed by atoms with E-state index in [4.69, 9.17) is 4.74 Å². The molecule has 182 valence electrons. The molecule has 5 aliphatic rings. The number of rotatable bonds is 1. The Kier molecular flexibility index (Phi) is 5.21. The third kappa shape index (κ3) is 2.73. The highest BCUT2D eigenvalue weighted by Gasteiger charge is 2.67. The van der Waals surface area contributed by atoms with Gasteiger partial charge in [-0.25, -0.2) is 0 Å². The Hall–Kier alpha value is -0.300. The SMILES string of the molecule is COC1CCC2(C)C3CCC4(C)C5C(C)C(C)CCC5(C)CCC4(C)C3=CCC2C1(C)C. The summed E-state index contributed by atoms with van der Waals surface area (Å²) in [4.78, 5) is 0. The van der Waals surface area contributed by atoms with Gasteiger partial charge in [0.2, 0.25) is 0 Å². The van der Waals surface area contributed by atoms with E-state index in [-0.39, 0.29) is 5.41 Å². The van der Waals surface area contributed by atoms with Crippen LogP contribution in [0.25, 0.3) is 0 Å². The van der Waals surface area contributed by atoms with Crippen molar-refractivity contribution in [3.8, 4) is 0 Å². The van der Waals surface area contributed by atoms with E-state index in [1.54, 1.807) is 0 Å². The summed E-state index contributed by atoms with van der Waals surface area (Å²) < 4.78 is 6.03. The van der Waals surface area contributed by atoms with Crippen molar-refractivity contribution in [1.29, 1.82) is 0 Å². The van der Waals surface area contributed by atoms with Crippen LogP contribution in [0, 0.1) is 56.7 Å². The van der Waals surface area contributed by atoms with Crippen molar-refractivity contribution < 1.29 is 4.74 Å². The lowest BCUT2D eigenvalue weighted by molar-refractivity contribution is -0.188. The van der Waals surface area contributed by atoms with Gasteiger partial charge < -0.3 is 4.74 Å². The van der Waals surface area contributed by atoms with Crippen LogP contribution in [0.4, 0.5) is 0 Å². The lowest BCUT2D eigenvalue weighted by atomic mass is 9.33. The molecule has 1 nitrogen and oxygen atoms in total. The molecule has 0 spiro atoms. The minimum atomic E-state index is 0.268. The highest BCUT2D eigenvalue weighted by Crippen LogP contribution is 2.75. The molecule has 32 heavy (non-hydrogen) atoms. The van der Waals surface area contributed by atoms with Gasteiger partial charge in [-0.1, -0.05) is 67.0 Å². The van der Waals surface area contributed by atoms with Crippen molar-refractivity contribution in [2.75, 3.05) is 7.11 Å². The monoisotopic (exact) mass is 440 g/mol. The Bertz CT molecular complexity index is 794. The van der Waals surface area contributed by atoms with Gasteiger partial charge in [-0.2, -0.15) is 0 Å². The minimum Gasteiger partial charge on any atom is -0.381 e. The van der Waals surface area contributed by atoms with E-state index < -0.39 is 0 Å². The summed E-state index contributed by atoms with van der Waals surface area (Å²) in [6.07, 6.45) is 15.7. The standard InChI is InChI=1S/C31H52O/c1-20-12-15-28(5)18-19-30(7)23-10-11-24-27(3,4)25(32-9)14-16-29(24,6)22(23)13-17-31(30,8)26(28)21(20)2/h10,20-22,24-26H,11-19H2,1-9H3. The number of fused-ring (bicyclic) bond motifs is 7. The summed E-state index contributed by atoms with van der Waals surface area (Å²) in [5.74, 6) is 4.16. The molecule has 10 unspecified atom stereocenters. The predicted molar refractivity (Wildman–Crippen MR) is 135 cm³/mol. The van der Waals surface area contributed by atoms with Crippen molar-refractivity contribution in [2.24, 2.45) is 56.7 Å². The molecule has 4 saturated carbocycles. The average Bonchev–Trinajstić information content (AvgIpc) is 2.72. The maximum absolute atomic E-state index is 6.03. The van der Waals surface area contributed by atoms with Gasteiger partial charge in [0.15, 0.2) is 0 Å². The zero-order valence-corrected chi connectivity index (χ0v) is 22.8. The fraction of sp³-hybridized carbons (Fsp3) is 0.935. The fourth-order valence-electron chi connectivity index (χ4n) is 11.4. The zero-order valence-electron chi connectivity index (χ0n) is 22.8. The number of allylic oxidation sites excluding steroid dienone is 2. The third-order valence-electron chi connectivity index (χ3n) is 13.6. The van der Waals surface area contributed by atoms with E-state index >= 15 is 0 Å². The molecule has 5 aliphatic carbocycles. The van der Waals surface area contributed by atoms with Crippen LogP contribution in [-0.4, -0.2) is 13.2 Å². The van der Waals surface area contributed by atoms with E-state index in [1.165, 1.54) is 57.8 Å². The average molecular weight is 441 g/mol. The summed E-state index contributed by atoms with van der Waals surface area (Å²) in [7, 11) is 1.94.